The second-order valence-corrected chi connectivity index (χ2v) is 6.83. The molecule has 106 valence electrons. The summed E-state index contributed by atoms with van der Waals surface area (Å²) in [7, 11) is 1.96. The lowest BCUT2D eigenvalue weighted by molar-refractivity contribution is 0.515. The summed E-state index contributed by atoms with van der Waals surface area (Å²) in [5.41, 5.74) is 6.97. The second-order valence-electron chi connectivity index (χ2n) is 5.06. The second kappa shape index (κ2) is 7.36. The van der Waals surface area contributed by atoms with E-state index in [0.29, 0.717) is 10.8 Å². The Hall–Kier alpha value is -0.450. The number of halogens is 1. The van der Waals surface area contributed by atoms with Crippen molar-refractivity contribution in [1.29, 1.82) is 0 Å². The molecule has 0 spiro atoms. The zero-order valence-electron chi connectivity index (χ0n) is 11.4. The van der Waals surface area contributed by atoms with Gasteiger partial charge in [-0.3, -0.25) is 0 Å². The minimum absolute atomic E-state index is 0.220. The molecule has 3 N–H and O–H groups in total. The van der Waals surface area contributed by atoms with Crippen molar-refractivity contribution in [3.05, 3.63) is 22.8 Å². The Kier molecular flexibility index (Phi) is 5.79. The van der Waals surface area contributed by atoms with Crippen molar-refractivity contribution in [2.45, 2.75) is 43.4 Å². The van der Waals surface area contributed by atoms with Crippen LogP contribution < -0.4 is 11.1 Å². The highest BCUT2D eigenvalue weighted by Gasteiger charge is 2.18. The van der Waals surface area contributed by atoms with Gasteiger partial charge in [-0.15, -0.1) is 0 Å². The van der Waals surface area contributed by atoms with E-state index in [1.807, 2.05) is 13.1 Å². The number of thioether (sulfide) groups is 1. The van der Waals surface area contributed by atoms with E-state index >= 15 is 0 Å². The van der Waals surface area contributed by atoms with Gasteiger partial charge in [-0.2, -0.15) is 11.8 Å². The Balaban J connectivity index is 1.97. The topological polar surface area (TPSA) is 50.9 Å². The van der Waals surface area contributed by atoms with Crippen molar-refractivity contribution >= 4 is 29.2 Å². The molecule has 2 rings (SSSR count). The highest BCUT2D eigenvalue weighted by Crippen LogP contribution is 2.32. The molecule has 1 heterocycles. The standard InChI is InChI=1S/C14H22ClN3S/c1-17-13(9-19-11-5-3-2-4-6-11)12-7-10(15)8-18-14(12)16/h7-8,11,13,17H,2-6,9H2,1H3,(H2,16,18). The lowest BCUT2D eigenvalue weighted by atomic mass is 10.0. The van der Waals surface area contributed by atoms with Gasteiger partial charge in [0.15, 0.2) is 0 Å². The highest BCUT2D eigenvalue weighted by molar-refractivity contribution is 7.99. The van der Waals surface area contributed by atoms with Gasteiger partial charge in [0.1, 0.15) is 5.82 Å². The van der Waals surface area contributed by atoms with Gasteiger partial charge < -0.3 is 11.1 Å². The molecular formula is C14H22ClN3S. The molecule has 3 nitrogen and oxygen atoms in total. The number of nitrogens with one attached hydrogen (secondary N) is 1. The van der Waals surface area contributed by atoms with Gasteiger partial charge in [0.05, 0.1) is 5.02 Å². The minimum Gasteiger partial charge on any atom is -0.383 e. The Labute approximate surface area is 124 Å². The van der Waals surface area contributed by atoms with Gasteiger partial charge in [0.2, 0.25) is 0 Å². The molecule has 0 saturated heterocycles. The summed E-state index contributed by atoms with van der Waals surface area (Å²) in [4.78, 5) is 4.14. The van der Waals surface area contributed by atoms with Crippen molar-refractivity contribution in [1.82, 2.24) is 10.3 Å². The van der Waals surface area contributed by atoms with Crippen LogP contribution in [-0.2, 0) is 0 Å². The molecule has 0 radical (unpaired) electrons. The van der Waals surface area contributed by atoms with E-state index in [4.69, 9.17) is 17.3 Å². The molecule has 0 bridgehead atoms. The number of nitrogens with zero attached hydrogens (tertiary/aromatic N) is 1. The maximum absolute atomic E-state index is 6.01. The quantitative estimate of drug-likeness (QED) is 0.871. The van der Waals surface area contributed by atoms with Crippen molar-refractivity contribution in [2.24, 2.45) is 0 Å². The molecule has 19 heavy (non-hydrogen) atoms. The van der Waals surface area contributed by atoms with Gasteiger partial charge in [0, 0.05) is 28.8 Å². The van der Waals surface area contributed by atoms with Gasteiger partial charge in [0.25, 0.3) is 0 Å². The number of pyridine rings is 1. The summed E-state index contributed by atoms with van der Waals surface area (Å²) in [6, 6.07) is 2.14. The van der Waals surface area contributed by atoms with Crippen LogP contribution in [0, 0.1) is 0 Å². The molecule has 0 amide bonds. The number of nitrogen functional groups attached to an aromatic ring is 1. The molecular weight excluding hydrogens is 278 g/mol. The molecule has 0 aromatic carbocycles. The lowest BCUT2D eigenvalue weighted by Gasteiger charge is -2.24. The normalized spacial score (nSPS) is 18.4. The largest absolute Gasteiger partial charge is 0.383 e. The minimum atomic E-state index is 0.220. The third-order valence-corrected chi connectivity index (χ3v) is 5.37. The van der Waals surface area contributed by atoms with E-state index in [9.17, 15) is 0 Å². The number of rotatable bonds is 5. The van der Waals surface area contributed by atoms with Gasteiger partial charge in [-0.25, -0.2) is 4.98 Å². The van der Waals surface area contributed by atoms with E-state index in [2.05, 4.69) is 22.1 Å². The summed E-state index contributed by atoms with van der Waals surface area (Å²) in [6.07, 6.45) is 8.46. The molecule has 0 aliphatic heterocycles. The van der Waals surface area contributed by atoms with Crippen LogP contribution in [0.25, 0.3) is 0 Å². The van der Waals surface area contributed by atoms with Crippen LogP contribution in [0.3, 0.4) is 0 Å². The van der Waals surface area contributed by atoms with Gasteiger partial charge in [-0.05, 0) is 26.0 Å². The number of hydrogen-bond donors (Lipinski definition) is 2. The Morgan fingerprint density at radius 1 is 1.47 bits per heavy atom. The average Bonchev–Trinajstić information content (AvgIpc) is 2.44. The average molecular weight is 300 g/mol. The SMILES string of the molecule is CNC(CSC1CCCCC1)c1cc(Cl)cnc1N. The van der Waals surface area contributed by atoms with Crippen molar-refractivity contribution < 1.29 is 0 Å². The fraction of sp³-hybridized carbons (Fsp3) is 0.643. The Morgan fingerprint density at radius 2 is 2.21 bits per heavy atom. The first-order valence-corrected chi connectivity index (χ1v) is 8.33. The maximum atomic E-state index is 6.01. The molecule has 1 unspecified atom stereocenters. The van der Waals surface area contributed by atoms with Crippen LogP contribution in [0.4, 0.5) is 5.82 Å². The first-order valence-electron chi connectivity index (χ1n) is 6.90. The van der Waals surface area contributed by atoms with E-state index in [-0.39, 0.29) is 6.04 Å². The van der Waals surface area contributed by atoms with E-state index in [1.54, 1.807) is 6.20 Å². The van der Waals surface area contributed by atoms with Crippen LogP contribution in [0.15, 0.2) is 12.3 Å². The summed E-state index contributed by atoms with van der Waals surface area (Å²) >= 11 is 8.06. The number of aromatic nitrogens is 1. The maximum Gasteiger partial charge on any atom is 0.128 e. The molecule has 1 aromatic rings. The van der Waals surface area contributed by atoms with Crippen molar-refractivity contribution in [3.63, 3.8) is 0 Å². The number of nitrogens with two attached hydrogens (primary N) is 1. The number of anilines is 1. The molecule has 1 aliphatic carbocycles. The van der Waals surface area contributed by atoms with Gasteiger partial charge in [-0.1, -0.05) is 30.9 Å². The molecule has 1 saturated carbocycles. The molecule has 5 heteroatoms. The smallest absolute Gasteiger partial charge is 0.128 e. The first kappa shape index (κ1) is 14.9. The van der Waals surface area contributed by atoms with Crippen LogP contribution in [0.1, 0.15) is 43.7 Å². The third kappa shape index (κ3) is 4.26. The molecule has 1 atom stereocenters. The molecule has 1 aliphatic rings. The fourth-order valence-electron chi connectivity index (χ4n) is 2.54. The number of hydrogen-bond acceptors (Lipinski definition) is 4. The van der Waals surface area contributed by atoms with E-state index < -0.39 is 0 Å². The van der Waals surface area contributed by atoms with Gasteiger partial charge >= 0.3 is 0 Å². The van der Waals surface area contributed by atoms with Crippen LogP contribution in [-0.4, -0.2) is 23.0 Å². The van der Waals surface area contributed by atoms with Crippen LogP contribution in [0.2, 0.25) is 5.02 Å². The van der Waals surface area contributed by atoms with Crippen LogP contribution in [0.5, 0.6) is 0 Å². The molecule has 1 fully saturated rings. The lowest BCUT2D eigenvalue weighted by Crippen LogP contribution is -2.22. The van der Waals surface area contributed by atoms with E-state index in [0.717, 1.165) is 16.6 Å². The molecule has 1 aromatic heterocycles. The van der Waals surface area contributed by atoms with Crippen molar-refractivity contribution in [3.8, 4) is 0 Å². The summed E-state index contributed by atoms with van der Waals surface area (Å²) in [6.45, 7) is 0. The predicted octanol–water partition coefficient (Wildman–Crippen LogP) is 3.64. The Morgan fingerprint density at radius 3 is 2.89 bits per heavy atom. The fourth-order valence-corrected chi connectivity index (χ4v) is 4.18. The van der Waals surface area contributed by atoms with Crippen LogP contribution >= 0.6 is 23.4 Å². The zero-order valence-corrected chi connectivity index (χ0v) is 12.9. The zero-order chi connectivity index (χ0) is 13.7. The summed E-state index contributed by atoms with van der Waals surface area (Å²) < 4.78 is 0. The third-order valence-electron chi connectivity index (χ3n) is 3.69. The predicted molar refractivity (Wildman–Crippen MR) is 84.8 cm³/mol. The van der Waals surface area contributed by atoms with Crippen molar-refractivity contribution in [2.75, 3.05) is 18.5 Å². The first-order chi connectivity index (χ1) is 9.20. The monoisotopic (exact) mass is 299 g/mol. The summed E-state index contributed by atoms with van der Waals surface area (Å²) in [5, 5.41) is 4.78. The highest BCUT2D eigenvalue weighted by atomic mass is 35.5. The summed E-state index contributed by atoms with van der Waals surface area (Å²) in [5.74, 6) is 1.60. The van der Waals surface area contributed by atoms with E-state index in [1.165, 1.54) is 32.1 Å². The Bertz CT molecular complexity index is 408.